The molecule has 0 heterocycles. The zero-order valence-corrected chi connectivity index (χ0v) is 52.6. The standard InChI is InChI=1S/C74H126O6/c1-4-7-10-13-16-19-22-25-27-29-31-32-33-34-35-36-37-38-39-40-41-42-44-45-47-49-52-55-58-61-64-67-73(76)79-70-71(69-78-72(75)66-63-60-57-54-51-24-21-18-15-12-9-6-3)80-74(77)68-65-62-59-56-53-50-48-46-43-30-28-26-23-20-17-14-11-8-5-2/h7,10,16,18-19,21,25-28,31-32,34-35,37-38,40-41,71H,4-6,8-9,11-15,17,20,22-24,29-30,33,36,39,42-70H2,1-3H3/b10-7-,19-16-,21-18-,27-25-,28-26-,32-31-,35-34-,38-37-,41-40-. The number of unbranched alkanes of at least 4 members (excludes halogenated alkanes) is 32. The number of carbonyl (C=O) groups is 3. The zero-order valence-electron chi connectivity index (χ0n) is 52.6. The van der Waals surface area contributed by atoms with Gasteiger partial charge in [-0.3, -0.25) is 14.4 Å². The van der Waals surface area contributed by atoms with Crippen molar-refractivity contribution in [2.75, 3.05) is 13.2 Å². The first kappa shape index (κ1) is 76.1. The van der Waals surface area contributed by atoms with Gasteiger partial charge in [0.25, 0.3) is 0 Å². The molecule has 0 spiro atoms. The second kappa shape index (κ2) is 67.6. The van der Waals surface area contributed by atoms with Crippen LogP contribution in [0.5, 0.6) is 0 Å². The van der Waals surface area contributed by atoms with Gasteiger partial charge in [-0.25, -0.2) is 0 Å². The molecular weight excluding hydrogens is 985 g/mol. The van der Waals surface area contributed by atoms with Gasteiger partial charge in [-0.15, -0.1) is 0 Å². The van der Waals surface area contributed by atoms with Gasteiger partial charge in [0, 0.05) is 19.3 Å². The monoisotopic (exact) mass is 1110 g/mol. The first-order valence-electron chi connectivity index (χ1n) is 33.9. The van der Waals surface area contributed by atoms with Gasteiger partial charge >= 0.3 is 17.9 Å². The summed E-state index contributed by atoms with van der Waals surface area (Å²) in [6, 6.07) is 0. The predicted octanol–water partition coefficient (Wildman–Crippen LogP) is 23.4. The fraction of sp³-hybridized carbons (Fsp3) is 0.716. The Morgan fingerprint density at radius 2 is 0.487 bits per heavy atom. The zero-order chi connectivity index (χ0) is 57.8. The SMILES string of the molecule is CC/C=C\C/C=C\C/C=C\C/C=C\C/C=C\C/C=C\C/C=C\CCCCCCCCCCCC(=O)OCC(COC(=O)CCCCCCC/C=C\CCCCC)OC(=O)CCCCCCCCCCC/C=C\CCCCCCCC. The van der Waals surface area contributed by atoms with Gasteiger partial charge in [0.05, 0.1) is 0 Å². The van der Waals surface area contributed by atoms with Crippen molar-refractivity contribution in [1.29, 1.82) is 0 Å². The fourth-order valence-electron chi connectivity index (χ4n) is 9.41. The Balaban J connectivity index is 4.27. The lowest BCUT2D eigenvalue weighted by Crippen LogP contribution is -2.30. The van der Waals surface area contributed by atoms with Crippen LogP contribution in [0.4, 0.5) is 0 Å². The lowest BCUT2D eigenvalue weighted by Gasteiger charge is -2.18. The minimum absolute atomic E-state index is 0.0836. The van der Waals surface area contributed by atoms with Crippen LogP contribution in [0.25, 0.3) is 0 Å². The summed E-state index contributed by atoms with van der Waals surface area (Å²) >= 11 is 0. The maximum atomic E-state index is 12.9. The largest absolute Gasteiger partial charge is 0.462 e. The Kier molecular flexibility index (Phi) is 64.3. The Hall–Kier alpha value is -3.93. The van der Waals surface area contributed by atoms with Gasteiger partial charge in [0.2, 0.25) is 0 Å². The summed E-state index contributed by atoms with van der Waals surface area (Å²) < 4.78 is 16.9. The van der Waals surface area contributed by atoms with E-state index in [4.69, 9.17) is 14.2 Å². The van der Waals surface area contributed by atoms with Crippen molar-refractivity contribution in [3.05, 3.63) is 109 Å². The van der Waals surface area contributed by atoms with Gasteiger partial charge in [0.15, 0.2) is 6.10 Å². The van der Waals surface area contributed by atoms with Crippen LogP contribution < -0.4 is 0 Å². The third kappa shape index (κ3) is 64.9. The van der Waals surface area contributed by atoms with Gasteiger partial charge in [-0.2, -0.15) is 0 Å². The highest BCUT2D eigenvalue weighted by molar-refractivity contribution is 5.71. The van der Waals surface area contributed by atoms with Crippen molar-refractivity contribution in [3.63, 3.8) is 0 Å². The Morgan fingerprint density at radius 1 is 0.263 bits per heavy atom. The van der Waals surface area contributed by atoms with Crippen LogP contribution in [0.2, 0.25) is 0 Å². The molecule has 0 bridgehead atoms. The van der Waals surface area contributed by atoms with E-state index in [-0.39, 0.29) is 31.1 Å². The highest BCUT2D eigenvalue weighted by atomic mass is 16.6. The van der Waals surface area contributed by atoms with E-state index in [1.165, 1.54) is 167 Å². The number of carbonyl (C=O) groups excluding carboxylic acids is 3. The van der Waals surface area contributed by atoms with E-state index in [0.717, 1.165) is 116 Å². The Morgan fingerprint density at radius 3 is 0.800 bits per heavy atom. The molecule has 458 valence electrons. The van der Waals surface area contributed by atoms with E-state index in [0.29, 0.717) is 19.3 Å². The van der Waals surface area contributed by atoms with E-state index >= 15 is 0 Å². The number of esters is 3. The van der Waals surface area contributed by atoms with Crippen LogP contribution in [0.1, 0.15) is 323 Å². The lowest BCUT2D eigenvalue weighted by molar-refractivity contribution is -0.167. The first-order chi connectivity index (χ1) is 39.5. The topological polar surface area (TPSA) is 78.9 Å². The van der Waals surface area contributed by atoms with Crippen molar-refractivity contribution in [1.82, 2.24) is 0 Å². The van der Waals surface area contributed by atoms with E-state index in [1.807, 2.05) is 0 Å². The molecule has 0 aromatic rings. The number of allylic oxidation sites excluding steroid dienone is 18. The smallest absolute Gasteiger partial charge is 0.306 e. The molecule has 6 heteroatoms. The molecule has 0 N–H and O–H groups in total. The molecule has 0 radical (unpaired) electrons. The third-order valence-corrected chi connectivity index (χ3v) is 14.5. The van der Waals surface area contributed by atoms with Crippen molar-refractivity contribution in [3.8, 4) is 0 Å². The maximum Gasteiger partial charge on any atom is 0.306 e. The van der Waals surface area contributed by atoms with E-state index in [9.17, 15) is 14.4 Å². The Bertz CT molecular complexity index is 1610. The number of ether oxygens (including phenoxy) is 3. The molecule has 0 aliphatic heterocycles. The molecule has 1 unspecified atom stereocenters. The van der Waals surface area contributed by atoms with Gasteiger partial charge in [-0.05, 0) is 128 Å². The highest BCUT2D eigenvalue weighted by Gasteiger charge is 2.19. The lowest BCUT2D eigenvalue weighted by atomic mass is 10.1. The molecule has 0 aliphatic carbocycles. The molecular formula is C74H126O6. The summed E-state index contributed by atoms with van der Waals surface area (Å²) in [5.41, 5.74) is 0. The molecule has 80 heavy (non-hydrogen) atoms. The molecule has 0 amide bonds. The first-order valence-corrected chi connectivity index (χ1v) is 33.9. The highest BCUT2D eigenvalue weighted by Crippen LogP contribution is 2.16. The summed E-state index contributed by atoms with van der Waals surface area (Å²) in [5.74, 6) is -0.890. The van der Waals surface area contributed by atoms with Crippen LogP contribution in [0, 0.1) is 0 Å². The summed E-state index contributed by atoms with van der Waals surface area (Å²) in [7, 11) is 0. The van der Waals surface area contributed by atoms with Gasteiger partial charge < -0.3 is 14.2 Å². The normalized spacial score (nSPS) is 12.8. The van der Waals surface area contributed by atoms with E-state index in [1.54, 1.807) is 0 Å². The van der Waals surface area contributed by atoms with E-state index < -0.39 is 6.10 Å². The molecule has 0 aliphatic rings. The second-order valence-corrected chi connectivity index (χ2v) is 22.3. The van der Waals surface area contributed by atoms with Gasteiger partial charge in [-0.1, -0.05) is 284 Å². The number of hydrogen-bond acceptors (Lipinski definition) is 6. The molecule has 0 rings (SSSR count). The van der Waals surface area contributed by atoms with Crippen molar-refractivity contribution in [2.45, 2.75) is 329 Å². The fourth-order valence-corrected chi connectivity index (χ4v) is 9.41. The number of rotatable bonds is 61. The summed E-state index contributed by atoms with van der Waals surface area (Å²) in [6.07, 6.45) is 92.5. The van der Waals surface area contributed by atoms with Crippen LogP contribution in [0.3, 0.4) is 0 Å². The number of hydrogen-bond donors (Lipinski definition) is 0. The maximum absolute atomic E-state index is 12.9. The minimum atomic E-state index is -0.786. The van der Waals surface area contributed by atoms with Crippen molar-refractivity contribution >= 4 is 17.9 Å². The second-order valence-electron chi connectivity index (χ2n) is 22.3. The molecule has 0 saturated carbocycles. The summed E-state index contributed by atoms with van der Waals surface area (Å²) in [6.45, 7) is 6.51. The average molecular weight is 1110 g/mol. The minimum Gasteiger partial charge on any atom is -0.462 e. The average Bonchev–Trinajstić information content (AvgIpc) is 3.46. The van der Waals surface area contributed by atoms with Crippen molar-refractivity contribution in [2.24, 2.45) is 0 Å². The molecule has 0 aromatic heterocycles. The summed E-state index contributed by atoms with van der Waals surface area (Å²) in [4.78, 5) is 38.3. The van der Waals surface area contributed by atoms with Crippen LogP contribution in [-0.2, 0) is 28.6 Å². The molecule has 0 aromatic carbocycles. The van der Waals surface area contributed by atoms with Gasteiger partial charge in [0.1, 0.15) is 13.2 Å². The Labute approximate surface area is 495 Å². The molecule has 0 saturated heterocycles. The molecule has 1 atom stereocenters. The van der Waals surface area contributed by atoms with E-state index in [2.05, 4.69) is 130 Å². The third-order valence-electron chi connectivity index (χ3n) is 14.5. The van der Waals surface area contributed by atoms with Crippen LogP contribution in [0.15, 0.2) is 109 Å². The summed E-state index contributed by atoms with van der Waals surface area (Å²) in [5, 5.41) is 0. The quantitative estimate of drug-likeness (QED) is 0.0261. The van der Waals surface area contributed by atoms with Crippen LogP contribution in [-0.4, -0.2) is 37.2 Å². The molecule has 0 fully saturated rings. The van der Waals surface area contributed by atoms with Crippen LogP contribution >= 0.6 is 0 Å². The molecule has 6 nitrogen and oxygen atoms in total. The van der Waals surface area contributed by atoms with Crippen molar-refractivity contribution < 1.29 is 28.6 Å². The predicted molar refractivity (Wildman–Crippen MR) is 348 cm³/mol.